The van der Waals surface area contributed by atoms with Crippen LogP contribution in [0.3, 0.4) is 0 Å². The van der Waals surface area contributed by atoms with Gasteiger partial charge < -0.3 is 18.9 Å². The van der Waals surface area contributed by atoms with E-state index in [1.54, 1.807) is 7.11 Å². The summed E-state index contributed by atoms with van der Waals surface area (Å²) in [5, 5.41) is 10.0. The summed E-state index contributed by atoms with van der Waals surface area (Å²) in [5.74, 6) is -0.662. The molecular weight excluding hydrogens is 471 g/mol. The lowest BCUT2D eigenvalue weighted by atomic mass is 10.2. The van der Waals surface area contributed by atoms with Crippen molar-refractivity contribution in [3.8, 4) is 11.5 Å². The highest BCUT2D eigenvalue weighted by atomic mass is 32.2. The number of hydrogen-bond donors (Lipinski definition) is 2. The molecule has 34 heavy (non-hydrogen) atoms. The van der Waals surface area contributed by atoms with Crippen LogP contribution < -0.4 is 9.57 Å². The molecular formula is C22H23FN2O8S. The molecule has 2 N–H and O–H groups in total. The van der Waals surface area contributed by atoms with Crippen molar-refractivity contribution in [2.75, 3.05) is 13.7 Å². The van der Waals surface area contributed by atoms with Crippen molar-refractivity contribution in [2.24, 2.45) is 0 Å². The molecule has 3 unspecified atom stereocenters. The number of hydrazine groups is 1. The highest BCUT2D eigenvalue weighted by molar-refractivity contribution is 7.89. The summed E-state index contributed by atoms with van der Waals surface area (Å²) in [4.78, 5) is 14.1. The molecule has 0 radical (unpaired) electrons. The van der Waals surface area contributed by atoms with Crippen LogP contribution in [-0.2, 0) is 29.0 Å². The molecule has 0 bridgehead atoms. The Kier molecular flexibility index (Phi) is 7.26. The lowest BCUT2D eigenvalue weighted by Gasteiger charge is -2.17. The van der Waals surface area contributed by atoms with Crippen LogP contribution in [0.25, 0.3) is 0 Å². The van der Waals surface area contributed by atoms with Crippen molar-refractivity contribution in [2.45, 2.75) is 36.2 Å². The summed E-state index contributed by atoms with van der Waals surface area (Å²) in [7, 11) is -2.70. The van der Waals surface area contributed by atoms with E-state index in [0.29, 0.717) is 24.5 Å². The summed E-state index contributed by atoms with van der Waals surface area (Å²) < 4.78 is 60.0. The van der Waals surface area contributed by atoms with E-state index in [4.69, 9.17) is 18.9 Å². The topological polar surface area (TPSA) is 124 Å². The number of halogens is 1. The number of hydroxylamine groups is 1. The monoisotopic (exact) mass is 494 g/mol. The Morgan fingerprint density at radius 3 is 2.41 bits per heavy atom. The van der Waals surface area contributed by atoms with E-state index < -0.39 is 34.1 Å². The quantitative estimate of drug-likeness (QED) is 0.403. The largest absolute Gasteiger partial charge is 0.457 e. The molecule has 1 saturated heterocycles. The zero-order valence-corrected chi connectivity index (χ0v) is 18.9. The van der Waals surface area contributed by atoms with Gasteiger partial charge in [-0.25, -0.2) is 12.8 Å². The van der Waals surface area contributed by atoms with Gasteiger partial charge in [-0.05, 0) is 54.6 Å². The SMILES string of the molecule is COCCC1OC2C=C(C(=O)N(O)NS(=O)(=O)c3ccc(Oc4ccc(F)cc4)cc3)CC2O1. The maximum absolute atomic E-state index is 13.0. The van der Waals surface area contributed by atoms with Gasteiger partial charge in [0.15, 0.2) is 6.29 Å². The molecule has 2 aromatic carbocycles. The number of nitrogens with one attached hydrogen (secondary N) is 1. The molecule has 182 valence electrons. The second kappa shape index (κ2) is 10.2. The van der Waals surface area contributed by atoms with Gasteiger partial charge >= 0.3 is 0 Å². The van der Waals surface area contributed by atoms with Gasteiger partial charge in [0.25, 0.3) is 15.9 Å². The minimum Gasteiger partial charge on any atom is -0.457 e. The van der Waals surface area contributed by atoms with E-state index in [1.807, 2.05) is 4.83 Å². The lowest BCUT2D eigenvalue weighted by molar-refractivity contribution is -0.167. The molecule has 12 heteroatoms. The molecule has 0 saturated carbocycles. The number of fused-ring (bicyclic) bond motifs is 1. The summed E-state index contributed by atoms with van der Waals surface area (Å²) in [6.07, 6.45) is 0.931. The highest BCUT2D eigenvalue weighted by Crippen LogP contribution is 2.33. The zero-order valence-electron chi connectivity index (χ0n) is 18.1. The van der Waals surface area contributed by atoms with Crippen LogP contribution >= 0.6 is 0 Å². The molecule has 4 rings (SSSR count). The number of ether oxygens (including phenoxy) is 4. The molecule has 3 atom stereocenters. The van der Waals surface area contributed by atoms with Crippen molar-refractivity contribution in [3.63, 3.8) is 0 Å². The van der Waals surface area contributed by atoms with Gasteiger partial charge in [-0.3, -0.25) is 10.0 Å². The van der Waals surface area contributed by atoms with E-state index in [9.17, 15) is 22.8 Å². The average Bonchev–Trinajstić information content (AvgIpc) is 3.38. The minimum absolute atomic E-state index is 0.0758. The number of carbonyl (C=O) groups is 1. The second-order valence-electron chi connectivity index (χ2n) is 7.62. The summed E-state index contributed by atoms with van der Waals surface area (Å²) in [6.45, 7) is 0.463. The number of rotatable bonds is 9. The third-order valence-corrected chi connectivity index (χ3v) is 6.51. The van der Waals surface area contributed by atoms with Crippen molar-refractivity contribution < 1.29 is 41.8 Å². The van der Waals surface area contributed by atoms with Gasteiger partial charge in [-0.1, -0.05) is 4.83 Å². The van der Waals surface area contributed by atoms with Crippen LogP contribution in [0, 0.1) is 5.82 Å². The predicted octanol–water partition coefficient (Wildman–Crippen LogP) is 2.51. The first-order valence-corrected chi connectivity index (χ1v) is 11.8. The van der Waals surface area contributed by atoms with E-state index in [0.717, 1.165) is 0 Å². The number of carbonyl (C=O) groups excluding carboxylic acids is 1. The van der Waals surface area contributed by atoms with Crippen molar-refractivity contribution in [3.05, 3.63) is 66.0 Å². The fourth-order valence-electron chi connectivity index (χ4n) is 3.54. The number of methoxy groups -OCH3 is 1. The number of sulfonamides is 1. The summed E-state index contributed by atoms with van der Waals surface area (Å²) in [5.41, 5.74) is 0.161. The van der Waals surface area contributed by atoms with Crippen LogP contribution in [0.15, 0.2) is 65.1 Å². The Morgan fingerprint density at radius 1 is 1.15 bits per heavy atom. The fourth-order valence-corrected chi connectivity index (χ4v) is 4.45. The predicted molar refractivity (Wildman–Crippen MR) is 115 cm³/mol. The first-order valence-electron chi connectivity index (χ1n) is 10.3. The maximum Gasteiger partial charge on any atom is 0.289 e. The average molecular weight is 494 g/mol. The molecule has 2 aromatic rings. The smallest absolute Gasteiger partial charge is 0.289 e. The standard InChI is InChI=1S/C22H23FN2O8S/c1-30-11-10-21-32-19-12-14(13-20(19)33-21)22(26)25(27)24-34(28,29)18-8-6-17(7-9-18)31-16-4-2-15(23)3-5-16/h2-9,12,19-21,24,27H,10-11,13H2,1H3. The van der Waals surface area contributed by atoms with E-state index in [2.05, 4.69) is 0 Å². The Hall–Kier alpha value is -2.87. The van der Waals surface area contributed by atoms with Crippen molar-refractivity contribution in [1.29, 1.82) is 0 Å². The van der Waals surface area contributed by atoms with Crippen LogP contribution in [0.1, 0.15) is 12.8 Å². The fraction of sp³-hybridized carbons (Fsp3) is 0.318. The number of hydrogen-bond acceptors (Lipinski definition) is 8. The molecule has 2 aliphatic rings. The Labute approximate surface area is 195 Å². The minimum atomic E-state index is -4.27. The summed E-state index contributed by atoms with van der Waals surface area (Å²) in [6, 6.07) is 10.6. The zero-order chi connectivity index (χ0) is 24.3. The third kappa shape index (κ3) is 5.60. The first kappa shape index (κ1) is 24.3. The van der Waals surface area contributed by atoms with Crippen LogP contribution in [0.2, 0.25) is 0 Å². The van der Waals surface area contributed by atoms with E-state index >= 15 is 0 Å². The normalized spacial score (nSPS) is 21.7. The maximum atomic E-state index is 13.0. The first-order chi connectivity index (χ1) is 16.2. The Balaban J connectivity index is 1.34. The van der Waals surface area contributed by atoms with E-state index in [1.165, 1.54) is 54.6 Å². The van der Waals surface area contributed by atoms with Crippen LogP contribution in [0.5, 0.6) is 11.5 Å². The van der Waals surface area contributed by atoms with Crippen LogP contribution in [0.4, 0.5) is 4.39 Å². The van der Waals surface area contributed by atoms with Gasteiger partial charge in [0.05, 0.1) is 17.6 Å². The van der Waals surface area contributed by atoms with Gasteiger partial charge in [0.1, 0.15) is 23.4 Å². The third-order valence-electron chi connectivity index (χ3n) is 5.20. The van der Waals surface area contributed by atoms with Crippen molar-refractivity contribution >= 4 is 15.9 Å². The van der Waals surface area contributed by atoms with Gasteiger partial charge in [-0.2, -0.15) is 0 Å². The van der Waals surface area contributed by atoms with Crippen LogP contribution in [-0.4, -0.2) is 56.9 Å². The highest BCUT2D eigenvalue weighted by Gasteiger charge is 2.41. The molecule has 10 nitrogen and oxygen atoms in total. The number of amides is 1. The van der Waals surface area contributed by atoms with Gasteiger partial charge in [-0.15, -0.1) is 5.17 Å². The Bertz CT molecular complexity index is 1150. The molecule has 1 amide bonds. The molecule has 1 aliphatic heterocycles. The number of benzene rings is 2. The van der Waals surface area contributed by atoms with Gasteiger partial charge in [0.2, 0.25) is 0 Å². The second-order valence-corrected chi connectivity index (χ2v) is 9.28. The van der Waals surface area contributed by atoms with Crippen molar-refractivity contribution in [1.82, 2.24) is 10.0 Å². The van der Waals surface area contributed by atoms with Gasteiger partial charge in [0, 0.05) is 25.5 Å². The number of nitrogens with zero attached hydrogens (tertiary/aromatic N) is 1. The molecule has 1 aliphatic carbocycles. The summed E-state index contributed by atoms with van der Waals surface area (Å²) >= 11 is 0. The Morgan fingerprint density at radius 2 is 1.79 bits per heavy atom. The molecule has 0 aromatic heterocycles. The lowest BCUT2D eigenvalue weighted by Crippen LogP contribution is -2.44. The molecule has 1 heterocycles. The molecule has 1 fully saturated rings. The van der Waals surface area contributed by atoms with E-state index in [-0.39, 0.29) is 28.2 Å². The molecule has 0 spiro atoms.